The molecule has 0 saturated carbocycles. The molecule has 2 aromatic carbocycles. The molecule has 1 unspecified atom stereocenters. The first-order chi connectivity index (χ1) is 20.3. The van der Waals surface area contributed by atoms with Gasteiger partial charge in [-0.1, -0.05) is 56.3 Å². The van der Waals surface area contributed by atoms with Crippen LogP contribution in [0.3, 0.4) is 0 Å². The molecule has 2 aliphatic heterocycles. The van der Waals surface area contributed by atoms with Crippen LogP contribution in [0.1, 0.15) is 67.4 Å². The predicted octanol–water partition coefficient (Wildman–Crippen LogP) is 7.49. The minimum absolute atomic E-state index is 0.0838. The summed E-state index contributed by atoms with van der Waals surface area (Å²) in [6.45, 7) is 13.2. The van der Waals surface area contributed by atoms with Crippen molar-refractivity contribution in [3.8, 4) is 0 Å². The number of fused-ring (bicyclic) bond motifs is 1. The van der Waals surface area contributed by atoms with Gasteiger partial charge in [0.1, 0.15) is 23.7 Å². The van der Waals surface area contributed by atoms with Crippen molar-refractivity contribution in [1.82, 2.24) is 4.90 Å². The van der Waals surface area contributed by atoms with E-state index in [4.69, 9.17) is 22.1 Å². The van der Waals surface area contributed by atoms with Crippen molar-refractivity contribution in [1.29, 1.82) is 0 Å². The Morgan fingerprint density at radius 3 is 2.44 bits per heavy atom. The highest BCUT2D eigenvalue weighted by molar-refractivity contribution is 6.30. The van der Waals surface area contributed by atoms with Gasteiger partial charge in [0.15, 0.2) is 0 Å². The topological polar surface area (TPSA) is 71.2 Å². The third kappa shape index (κ3) is 7.27. The number of rotatable bonds is 9. The minimum atomic E-state index is -4.73. The molecule has 1 fully saturated rings. The van der Waals surface area contributed by atoms with Gasteiger partial charge in [0.25, 0.3) is 0 Å². The molecule has 10 heteroatoms. The van der Waals surface area contributed by atoms with Crippen molar-refractivity contribution in [2.75, 3.05) is 25.0 Å². The molecule has 2 N–H and O–H groups in total. The zero-order valence-corrected chi connectivity index (χ0v) is 25.8. The molecule has 0 spiro atoms. The van der Waals surface area contributed by atoms with Crippen LogP contribution in [0, 0.1) is 12.8 Å². The summed E-state index contributed by atoms with van der Waals surface area (Å²) in [6, 6.07) is 10.8. The van der Waals surface area contributed by atoms with Crippen molar-refractivity contribution in [2.45, 2.75) is 70.8 Å². The number of aryl methyl sites for hydroxylation is 1. The molecule has 2 atom stereocenters. The molecule has 232 valence electrons. The van der Waals surface area contributed by atoms with Crippen LogP contribution in [0.5, 0.6) is 0 Å². The summed E-state index contributed by atoms with van der Waals surface area (Å²) in [5.74, 6) is -0.0292. The van der Waals surface area contributed by atoms with Crippen LogP contribution in [0.15, 0.2) is 65.9 Å². The average molecular weight is 617 g/mol. The molecule has 0 aliphatic carbocycles. The van der Waals surface area contributed by atoms with Crippen LogP contribution in [-0.2, 0) is 16.0 Å². The number of ether oxygens (including phenoxy) is 1. The number of carbonyl (C=O) groups excluding carboxylic acids is 1. The number of anilines is 1. The first kappa shape index (κ1) is 32.6. The molecule has 0 aromatic heterocycles. The summed E-state index contributed by atoms with van der Waals surface area (Å²) in [6.07, 6.45) is -2.44. The normalized spacial score (nSPS) is 20.6. The quantitative estimate of drug-likeness (QED) is 0.317. The van der Waals surface area contributed by atoms with E-state index in [1.165, 1.54) is 7.05 Å². The van der Waals surface area contributed by atoms with Gasteiger partial charge in [0.05, 0.1) is 5.69 Å². The lowest BCUT2D eigenvalue weighted by molar-refractivity contribution is -0.119. The Kier molecular flexibility index (Phi) is 10.3. The lowest BCUT2D eigenvalue weighted by Gasteiger charge is -2.36. The second-order valence-corrected chi connectivity index (χ2v) is 11.8. The first-order valence-corrected chi connectivity index (χ1v) is 15.0. The number of nitrogens with two attached hydrogens (primary N) is 1. The number of hydrogen-bond acceptors (Lipinski definition) is 4. The molecule has 1 saturated heterocycles. The van der Waals surface area contributed by atoms with Gasteiger partial charge in [-0.05, 0) is 67.0 Å². The van der Waals surface area contributed by atoms with E-state index in [1.54, 1.807) is 18.2 Å². The van der Waals surface area contributed by atoms with E-state index < -0.39 is 24.1 Å². The Bertz CT molecular complexity index is 1400. The number of amidine groups is 1. The zero-order valence-electron chi connectivity index (χ0n) is 25.0. The number of allylic oxidation sites excluding steroid dienone is 1. The molecular formula is C33H40ClF3N4O2. The molecule has 43 heavy (non-hydrogen) atoms. The number of carbonyl (C=O) groups is 1. The number of nitrogens with zero attached hydrogens (tertiary/aromatic N) is 3. The number of likely N-dealkylation sites (tertiary alicyclic amines) is 1. The maximum Gasteiger partial charge on any atom is 0.431 e. The lowest BCUT2D eigenvalue weighted by Crippen LogP contribution is -2.44. The van der Waals surface area contributed by atoms with Crippen LogP contribution in [-0.4, -0.2) is 49.1 Å². The van der Waals surface area contributed by atoms with Crippen molar-refractivity contribution >= 4 is 29.0 Å². The maximum absolute atomic E-state index is 14.4. The monoisotopic (exact) mass is 616 g/mol. The second-order valence-electron chi connectivity index (χ2n) is 11.3. The van der Waals surface area contributed by atoms with Gasteiger partial charge >= 0.3 is 6.18 Å². The molecule has 2 aliphatic rings. The van der Waals surface area contributed by atoms with Gasteiger partial charge in [-0.3, -0.25) is 14.7 Å². The summed E-state index contributed by atoms with van der Waals surface area (Å²) in [7, 11) is 1.46. The summed E-state index contributed by atoms with van der Waals surface area (Å²) in [4.78, 5) is 19.0. The van der Waals surface area contributed by atoms with Gasteiger partial charge in [0.2, 0.25) is 5.91 Å². The fraction of sp³-hybridized carbons (Fsp3) is 0.455. The Balaban J connectivity index is 1.80. The van der Waals surface area contributed by atoms with E-state index in [9.17, 15) is 18.0 Å². The van der Waals surface area contributed by atoms with Crippen molar-refractivity contribution in [2.24, 2.45) is 16.6 Å². The van der Waals surface area contributed by atoms with Crippen LogP contribution in [0.25, 0.3) is 0 Å². The Morgan fingerprint density at radius 1 is 1.14 bits per heavy atom. The number of alkyl halides is 3. The Morgan fingerprint density at radius 2 is 1.84 bits per heavy atom. The van der Waals surface area contributed by atoms with Crippen LogP contribution < -0.4 is 10.6 Å². The largest absolute Gasteiger partial charge is 0.431 e. The number of aliphatic imine (C=N–C) groups is 1. The Hall–Kier alpha value is -3.30. The third-order valence-electron chi connectivity index (χ3n) is 8.42. The predicted molar refractivity (Wildman–Crippen MR) is 166 cm³/mol. The summed E-state index contributed by atoms with van der Waals surface area (Å²) < 4.78 is 49.9. The van der Waals surface area contributed by atoms with Crippen LogP contribution in [0.4, 0.5) is 18.9 Å². The molecule has 4 rings (SSSR count). The zero-order chi connectivity index (χ0) is 31.5. The molecule has 0 bridgehead atoms. The fourth-order valence-electron chi connectivity index (χ4n) is 6.15. The van der Waals surface area contributed by atoms with E-state index in [1.807, 2.05) is 19.1 Å². The molecule has 1 amide bonds. The summed E-state index contributed by atoms with van der Waals surface area (Å²) >= 11 is 6.46. The first-order valence-electron chi connectivity index (χ1n) is 14.6. The number of benzene rings is 2. The summed E-state index contributed by atoms with van der Waals surface area (Å²) in [5, 5.41) is 0.379. The minimum Gasteiger partial charge on any atom is -0.375 e. The molecule has 6 nitrogen and oxygen atoms in total. The fourth-order valence-corrected chi connectivity index (χ4v) is 6.33. The van der Waals surface area contributed by atoms with E-state index >= 15 is 0 Å². The lowest BCUT2D eigenvalue weighted by atomic mass is 9.91. The summed E-state index contributed by atoms with van der Waals surface area (Å²) in [5.41, 5.74) is 8.83. The van der Waals surface area contributed by atoms with Crippen LogP contribution >= 0.6 is 11.6 Å². The van der Waals surface area contributed by atoms with Crippen molar-refractivity contribution in [3.05, 3.63) is 88.2 Å². The van der Waals surface area contributed by atoms with E-state index in [0.29, 0.717) is 30.1 Å². The molecule has 2 heterocycles. The van der Waals surface area contributed by atoms with Gasteiger partial charge in [0, 0.05) is 49.3 Å². The maximum atomic E-state index is 14.4. The number of hydrogen-bond donors (Lipinski definition) is 1. The number of primary amides is 1. The van der Waals surface area contributed by atoms with E-state index in [0.717, 1.165) is 53.0 Å². The van der Waals surface area contributed by atoms with Crippen molar-refractivity contribution in [3.63, 3.8) is 0 Å². The highest BCUT2D eigenvalue weighted by Gasteiger charge is 2.44. The molecule has 2 aromatic rings. The highest BCUT2D eigenvalue weighted by atomic mass is 35.5. The van der Waals surface area contributed by atoms with Gasteiger partial charge in [-0.2, -0.15) is 13.2 Å². The molecular weight excluding hydrogens is 577 g/mol. The smallest absolute Gasteiger partial charge is 0.375 e. The Labute approximate surface area is 257 Å². The van der Waals surface area contributed by atoms with Gasteiger partial charge < -0.3 is 15.4 Å². The van der Waals surface area contributed by atoms with E-state index in [2.05, 4.69) is 36.0 Å². The average Bonchev–Trinajstić information content (AvgIpc) is 3.07. The second kappa shape index (κ2) is 13.6. The standard InChI is InChI=1S/C33H40ClF3N4O2/c1-6-8-24-9-7-10-26(21(24)3)31-27-19-25(34)11-12-28(27)41(22(4)33(35,36)37)32(39-5)29(43-31)17-20(2)40-15-13-23(14-16-40)18-30(38)42/h7,9-12,19,23,29,31H,2,4,6,8,13-18H2,1,3,5H3,(H2,38,42)/t29-,31?/m1/s1. The molecule has 0 radical (unpaired) electrons. The third-order valence-corrected chi connectivity index (χ3v) is 8.65. The van der Waals surface area contributed by atoms with E-state index in [-0.39, 0.29) is 29.8 Å². The van der Waals surface area contributed by atoms with Crippen molar-refractivity contribution < 1.29 is 22.7 Å². The number of piperidine rings is 1. The SMILES string of the molecule is C=C(C[C@H]1OC(c2cccc(CCC)c2C)c2cc(Cl)ccc2N(C(=C)C(F)(F)F)C1=NC)N1CCC(CC(N)=O)CC1. The van der Waals surface area contributed by atoms with Gasteiger partial charge in [-0.25, -0.2) is 0 Å². The van der Waals surface area contributed by atoms with Gasteiger partial charge in [-0.15, -0.1) is 0 Å². The highest BCUT2D eigenvalue weighted by Crippen LogP contribution is 2.45. The van der Waals surface area contributed by atoms with Crippen LogP contribution in [0.2, 0.25) is 5.02 Å². The number of halogens is 4. The number of amides is 1.